The Morgan fingerprint density at radius 2 is 1.79 bits per heavy atom. The number of methoxy groups -OCH3 is 1. The SMILES string of the molecule is CCN(CC)c1ccc(S(=O)(=O)N(C)C)cc1-c1cc2ccc(OC)nc2[nH]1. The van der Waals surface area contributed by atoms with Crippen LogP contribution >= 0.6 is 0 Å². The van der Waals surface area contributed by atoms with Crippen molar-refractivity contribution in [2.45, 2.75) is 18.7 Å². The highest BCUT2D eigenvalue weighted by Crippen LogP contribution is 2.35. The molecule has 150 valence electrons. The first-order valence-electron chi connectivity index (χ1n) is 9.17. The number of benzene rings is 1. The van der Waals surface area contributed by atoms with Gasteiger partial charge in [-0.15, -0.1) is 0 Å². The van der Waals surface area contributed by atoms with Crippen LogP contribution in [-0.2, 0) is 10.0 Å². The molecule has 2 aromatic heterocycles. The molecular formula is C20H26N4O3S. The third kappa shape index (κ3) is 3.57. The normalized spacial score (nSPS) is 11.9. The van der Waals surface area contributed by atoms with Gasteiger partial charge in [0.2, 0.25) is 15.9 Å². The number of anilines is 1. The van der Waals surface area contributed by atoms with Gasteiger partial charge in [0, 0.05) is 55.6 Å². The van der Waals surface area contributed by atoms with Gasteiger partial charge >= 0.3 is 0 Å². The van der Waals surface area contributed by atoms with E-state index < -0.39 is 10.0 Å². The number of nitrogens with zero attached hydrogens (tertiary/aromatic N) is 3. The first kappa shape index (κ1) is 20.2. The Bertz CT molecular complexity index is 1090. The first-order chi connectivity index (χ1) is 13.3. The number of pyridine rings is 1. The number of aromatic nitrogens is 2. The van der Waals surface area contributed by atoms with Gasteiger partial charge < -0.3 is 14.6 Å². The molecule has 28 heavy (non-hydrogen) atoms. The minimum Gasteiger partial charge on any atom is -0.481 e. The molecule has 8 heteroatoms. The van der Waals surface area contributed by atoms with Crippen LogP contribution in [0, 0.1) is 0 Å². The first-order valence-corrected chi connectivity index (χ1v) is 10.6. The molecule has 1 N–H and O–H groups in total. The minimum atomic E-state index is -3.54. The van der Waals surface area contributed by atoms with Crippen LogP contribution in [0.2, 0.25) is 0 Å². The molecular weight excluding hydrogens is 376 g/mol. The maximum Gasteiger partial charge on any atom is 0.242 e. The van der Waals surface area contributed by atoms with Gasteiger partial charge in [0.1, 0.15) is 5.65 Å². The Labute approximate surface area is 166 Å². The topological polar surface area (TPSA) is 78.5 Å². The molecule has 3 rings (SSSR count). The van der Waals surface area contributed by atoms with E-state index in [1.54, 1.807) is 25.3 Å². The molecule has 0 radical (unpaired) electrons. The number of aromatic amines is 1. The van der Waals surface area contributed by atoms with Crippen LogP contribution in [0.5, 0.6) is 5.88 Å². The van der Waals surface area contributed by atoms with Gasteiger partial charge in [0.15, 0.2) is 0 Å². The minimum absolute atomic E-state index is 0.257. The van der Waals surface area contributed by atoms with Crippen molar-refractivity contribution >= 4 is 26.7 Å². The van der Waals surface area contributed by atoms with Crippen molar-refractivity contribution in [1.82, 2.24) is 14.3 Å². The molecule has 0 fully saturated rings. The van der Waals surface area contributed by atoms with E-state index >= 15 is 0 Å². The van der Waals surface area contributed by atoms with E-state index in [1.165, 1.54) is 18.4 Å². The van der Waals surface area contributed by atoms with Crippen LogP contribution in [0.3, 0.4) is 0 Å². The fourth-order valence-corrected chi connectivity index (χ4v) is 4.12. The molecule has 1 aromatic carbocycles. The Kier molecular flexibility index (Phi) is 5.62. The zero-order valence-electron chi connectivity index (χ0n) is 16.9. The summed E-state index contributed by atoms with van der Waals surface area (Å²) in [6.07, 6.45) is 0. The van der Waals surface area contributed by atoms with E-state index in [0.29, 0.717) is 11.5 Å². The van der Waals surface area contributed by atoms with E-state index in [-0.39, 0.29) is 4.90 Å². The number of ether oxygens (including phenoxy) is 1. The fraction of sp³-hybridized carbons (Fsp3) is 0.350. The van der Waals surface area contributed by atoms with Gasteiger partial charge in [0.25, 0.3) is 0 Å². The van der Waals surface area contributed by atoms with E-state index in [2.05, 4.69) is 28.7 Å². The van der Waals surface area contributed by atoms with Crippen LogP contribution in [0.4, 0.5) is 5.69 Å². The molecule has 0 atom stereocenters. The van der Waals surface area contributed by atoms with Crippen LogP contribution in [0.25, 0.3) is 22.3 Å². The van der Waals surface area contributed by atoms with Crippen molar-refractivity contribution in [1.29, 1.82) is 0 Å². The number of sulfonamides is 1. The lowest BCUT2D eigenvalue weighted by Gasteiger charge is -2.24. The van der Waals surface area contributed by atoms with Gasteiger partial charge in [-0.2, -0.15) is 4.98 Å². The van der Waals surface area contributed by atoms with E-state index in [9.17, 15) is 8.42 Å². The number of nitrogens with one attached hydrogen (secondary N) is 1. The predicted octanol–water partition coefficient (Wildman–Crippen LogP) is 3.34. The molecule has 0 aliphatic rings. The highest BCUT2D eigenvalue weighted by molar-refractivity contribution is 7.89. The molecule has 3 aromatic rings. The lowest BCUT2D eigenvalue weighted by molar-refractivity contribution is 0.399. The molecule has 0 bridgehead atoms. The largest absolute Gasteiger partial charge is 0.481 e. The molecule has 0 aliphatic carbocycles. The fourth-order valence-electron chi connectivity index (χ4n) is 3.19. The Hall–Kier alpha value is -2.58. The second-order valence-electron chi connectivity index (χ2n) is 6.61. The van der Waals surface area contributed by atoms with E-state index in [0.717, 1.165) is 35.4 Å². The highest BCUT2D eigenvalue weighted by atomic mass is 32.2. The smallest absolute Gasteiger partial charge is 0.242 e. The quantitative estimate of drug-likeness (QED) is 0.656. The summed E-state index contributed by atoms with van der Waals surface area (Å²) in [6, 6.07) is 11.0. The second kappa shape index (κ2) is 7.81. The average Bonchev–Trinajstić information content (AvgIpc) is 3.11. The molecule has 0 aliphatic heterocycles. The standard InChI is InChI=1S/C20H26N4O3S/c1-6-24(7-2)18-10-9-15(28(25,26)23(3)4)13-16(18)17-12-14-8-11-19(27-5)22-20(14)21-17/h8-13H,6-7H2,1-5H3,(H,21,22). The third-order valence-corrected chi connectivity index (χ3v) is 6.61. The summed E-state index contributed by atoms with van der Waals surface area (Å²) in [5.74, 6) is 0.522. The maximum absolute atomic E-state index is 12.7. The van der Waals surface area contributed by atoms with E-state index in [4.69, 9.17) is 4.74 Å². The number of fused-ring (bicyclic) bond motifs is 1. The van der Waals surface area contributed by atoms with Gasteiger partial charge in [-0.1, -0.05) is 0 Å². The summed E-state index contributed by atoms with van der Waals surface area (Å²) in [5.41, 5.74) is 3.30. The molecule has 0 saturated carbocycles. The third-order valence-electron chi connectivity index (χ3n) is 4.80. The summed E-state index contributed by atoms with van der Waals surface area (Å²) >= 11 is 0. The van der Waals surface area contributed by atoms with Gasteiger partial charge in [0.05, 0.1) is 12.0 Å². The van der Waals surface area contributed by atoms with Gasteiger partial charge in [-0.05, 0) is 44.2 Å². The summed E-state index contributed by atoms with van der Waals surface area (Å²) in [5, 5.41) is 0.933. The Morgan fingerprint density at radius 3 is 2.39 bits per heavy atom. The zero-order chi connectivity index (χ0) is 20.5. The highest BCUT2D eigenvalue weighted by Gasteiger charge is 2.21. The summed E-state index contributed by atoms with van der Waals surface area (Å²) in [7, 11) is 1.11. The molecule has 2 heterocycles. The maximum atomic E-state index is 12.7. The number of hydrogen-bond donors (Lipinski definition) is 1. The van der Waals surface area contributed by atoms with Crippen LogP contribution in [0.1, 0.15) is 13.8 Å². The monoisotopic (exact) mass is 402 g/mol. The van der Waals surface area contributed by atoms with Crippen LogP contribution in [0.15, 0.2) is 41.3 Å². The van der Waals surface area contributed by atoms with Crippen molar-refractivity contribution in [3.63, 3.8) is 0 Å². The summed E-state index contributed by atoms with van der Waals surface area (Å²) in [4.78, 5) is 10.2. The summed E-state index contributed by atoms with van der Waals surface area (Å²) in [6.45, 7) is 5.79. The number of rotatable bonds is 7. The average molecular weight is 403 g/mol. The molecule has 0 unspecified atom stereocenters. The lowest BCUT2D eigenvalue weighted by atomic mass is 10.1. The van der Waals surface area contributed by atoms with Crippen LogP contribution < -0.4 is 9.64 Å². The van der Waals surface area contributed by atoms with Gasteiger partial charge in [-0.3, -0.25) is 0 Å². The molecule has 7 nitrogen and oxygen atoms in total. The molecule has 0 saturated heterocycles. The van der Waals surface area contributed by atoms with Crippen molar-refractivity contribution < 1.29 is 13.2 Å². The number of hydrogen-bond acceptors (Lipinski definition) is 5. The van der Waals surface area contributed by atoms with E-state index in [1.807, 2.05) is 18.2 Å². The van der Waals surface area contributed by atoms with Crippen molar-refractivity contribution in [3.8, 4) is 17.1 Å². The van der Waals surface area contributed by atoms with Crippen molar-refractivity contribution in [3.05, 3.63) is 36.4 Å². The van der Waals surface area contributed by atoms with Gasteiger partial charge in [-0.25, -0.2) is 12.7 Å². The Morgan fingerprint density at radius 1 is 1.07 bits per heavy atom. The van der Waals surface area contributed by atoms with Crippen molar-refractivity contribution in [2.75, 3.05) is 39.2 Å². The Balaban J connectivity index is 2.23. The van der Waals surface area contributed by atoms with Crippen LogP contribution in [-0.4, -0.2) is 57.0 Å². The van der Waals surface area contributed by atoms with Crippen molar-refractivity contribution in [2.24, 2.45) is 0 Å². The predicted molar refractivity (Wildman–Crippen MR) is 113 cm³/mol. The molecule has 0 amide bonds. The molecule has 0 spiro atoms. The zero-order valence-corrected chi connectivity index (χ0v) is 17.7. The number of H-pyrrole nitrogens is 1. The summed E-state index contributed by atoms with van der Waals surface area (Å²) < 4.78 is 31.8. The second-order valence-corrected chi connectivity index (χ2v) is 8.76. The lowest BCUT2D eigenvalue weighted by Crippen LogP contribution is -2.24.